The lowest BCUT2D eigenvalue weighted by atomic mass is 9.94. The molecule has 0 bridgehead atoms. The molecule has 226 valence electrons. The fraction of sp³-hybridized carbons (Fsp3) is 0.343. The van der Waals surface area contributed by atoms with Crippen molar-refractivity contribution < 1.29 is 23.4 Å². The van der Waals surface area contributed by atoms with Crippen molar-refractivity contribution in [3.05, 3.63) is 89.6 Å². The number of aromatic nitrogens is 3. The summed E-state index contributed by atoms with van der Waals surface area (Å²) in [7, 11) is 0. The van der Waals surface area contributed by atoms with Gasteiger partial charge in [-0.2, -0.15) is 9.97 Å². The number of nitrogens with zero attached hydrogens (tertiary/aromatic N) is 4. The van der Waals surface area contributed by atoms with Crippen molar-refractivity contribution in [2.45, 2.75) is 50.7 Å². The fourth-order valence-corrected chi connectivity index (χ4v) is 6.89. The first-order valence-corrected chi connectivity index (χ1v) is 15.3. The van der Waals surface area contributed by atoms with Crippen LogP contribution in [0.3, 0.4) is 0 Å². The number of hydrogen-bond acceptors (Lipinski definition) is 7. The van der Waals surface area contributed by atoms with E-state index >= 15 is 4.39 Å². The van der Waals surface area contributed by atoms with Crippen LogP contribution in [0.2, 0.25) is 0 Å². The first-order valence-electron chi connectivity index (χ1n) is 15.3. The first kappa shape index (κ1) is 28.6. The van der Waals surface area contributed by atoms with Crippen LogP contribution in [0.4, 0.5) is 8.78 Å². The van der Waals surface area contributed by atoms with Crippen LogP contribution in [-0.2, 0) is 13.0 Å². The average Bonchev–Trinajstić information content (AvgIpc) is 3.63. The minimum Gasteiger partial charge on any atom is -0.472 e. The fourth-order valence-electron chi connectivity index (χ4n) is 6.89. The van der Waals surface area contributed by atoms with Gasteiger partial charge < -0.3 is 14.6 Å². The van der Waals surface area contributed by atoms with Crippen molar-refractivity contribution in [3.63, 3.8) is 0 Å². The average molecular weight is 597 g/mol. The molecule has 7 rings (SSSR count). The molecule has 4 heterocycles. The monoisotopic (exact) mass is 596 g/mol. The van der Waals surface area contributed by atoms with E-state index in [0.717, 1.165) is 49.9 Å². The van der Waals surface area contributed by atoms with Gasteiger partial charge in [0.2, 0.25) is 5.88 Å². The van der Waals surface area contributed by atoms with Gasteiger partial charge in [0.05, 0.1) is 10.9 Å². The first-order chi connectivity index (χ1) is 21.5. The van der Waals surface area contributed by atoms with Crippen molar-refractivity contribution in [2.24, 2.45) is 0 Å². The van der Waals surface area contributed by atoms with Crippen molar-refractivity contribution in [1.29, 1.82) is 0 Å². The third-order valence-electron chi connectivity index (χ3n) is 9.02. The molecule has 2 fully saturated rings. The summed E-state index contributed by atoms with van der Waals surface area (Å²) in [6.45, 7) is 2.76. The second-order valence-corrected chi connectivity index (χ2v) is 11.8. The predicted molar refractivity (Wildman–Crippen MR) is 165 cm³/mol. The lowest BCUT2D eigenvalue weighted by Crippen LogP contribution is -2.43. The number of halogens is 2. The maximum absolute atomic E-state index is 16.6. The molecule has 2 aromatic heterocycles. The van der Waals surface area contributed by atoms with E-state index in [1.54, 1.807) is 6.07 Å². The SMILES string of the molecule is OCCCc1cccc2cc(F)cc(-c3ncc4c(OCc5ccccc5)nc(OCC56CCCN5CCC6)nc4c3F)c12. The van der Waals surface area contributed by atoms with E-state index in [1.807, 2.05) is 42.5 Å². The van der Waals surface area contributed by atoms with E-state index in [2.05, 4.69) is 19.9 Å². The maximum Gasteiger partial charge on any atom is 0.320 e. The Kier molecular flexibility index (Phi) is 7.82. The number of benzene rings is 3. The van der Waals surface area contributed by atoms with Crippen LogP contribution in [0.1, 0.15) is 43.2 Å². The molecule has 0 radical (unpaired) electrons. The van der Waals surface area contributed by atoms with Gasteiger partial charge in [-0.15, -0.1) is 0 Å². The molecular weight excluding hydrogens is 562 g/mol. The zero-order valence-electron chi connectivity index (χ0n) is 24.4. The smallest absolute Gasteiger partial charge is 0.320 e. The summed E-state index contributed by atoms with van der Waals surface area (Å²) in [5, 5.41) is 11.1. The molecule has 44 heavy (non-hydrogen) atoms. The summed E-state index contributed by atoms with van der Waals surface area (Å²) in [6, 6.07) is 18.0. The van der Waals surface area contributed by atoms with Crippen LogP contribution in [0.5, 0.6) is 11.9 Å². The normalized spacial score (nSPS) is 16.1. The summed E-state index contributed by atoms with van der Waals surface area (Å²) in [5.74, 6) is -1.03. The molecule has 1 N–H and O–H groups in total. The highest BCUT2D eigenvalue weighted by Gasteiger charge is 2.45. The Labute approximate surface area is 254 Å². The Hall–Kier alpha value is -4.21. The minimum absolute atomic E-state index is 0.000474. The molecule has 0 unspecified atom stereocenters. The molecular formula is C35H34F2N4O3. The number of ether oxygens (including phenoxy) is 2. The maximum atomic E-state index is 16.6. The second-order valence-electron chi connectivity index (χ2n) is 11.8. The summed E-state index contributed by atoms with van der Waals surface area (Å²) in [5.41, 5.74) is 2.07. The van der Waals surface area contributed by atoms with E-state index in [-0.39, 0.29) is 41.9 Å². The van der Waals surface area contributed by atoms with Gasteiger partial charge in [0.25, 0.3) is 0 Å². The van der Waals surface area contributed by atoms with E-state index in [1.165, 1.54) is 18.3 Å². The van der Waals surface area contributed by atoms with Crippen LogP contribution in [0.25, 0.3) is 32.9 Å². The Morgan fingerprint density at radius 2 is 1.75 bits per heavy atom. The van der Waals surface area contributed by atoms with Gasteiger partial charge in [0.15, 0.2) is 5.82 Å². The minimum atomic E-state index is -0.704. The molecule has 0 aliphatic carbocycles. The van der Waals surface area contributed by atoms with E-state index in [0.29, 0.717) is 41.2 Å². The van der Waals surface area contributed by atoms with Crippen molar-refractivity contribution in [2.75, 3.05) is 26.3 Å². The van der Waals surface area contributed by atoms with Gasteiger partial charge in [-0.25, -0.2) is 8.78 Å². The van der Waals surface area contributed by atoms with E-state index < -0.39 is 11.6 Å². The number of pyridine rings is 1. The van der Waals surface area contributed by atoms with Crippen LogP contribution >= 0.6 is 0 Å². The van der Waals surface area contributed by atoms with Crippen molar-refractivity contribution >= 4 is 21.7 Å². The second kappa shape index (κ2) is 12.1. The van der Waals surface area contributed by atoms with Crippen LogP contribution in [0, 0.1) is 11.6 Å². The van der Waals surface area contributed by atoms with Gasteiger partial charge in [-0.05, 0) is 85.6 Å². The number of aryl methyl sites for hydroxylation is 1. The molecule has 0 saturated carbocycles. The number of hydrogen-bond donors (Lipinski definition) is 1. The molecule has 0 atom stereocenters. The molecule has 2 saturated heterocycles. The third-order valence-corrected chi connectivity index (χ3v) is 9.02. The summed E-state index contributed by atoms with van der Waals surface area (Å²) < 4.78 is 43.9. The Morgan fingerprint density at radius 3 is 2.55 bits per heavy atom. The van der Waals surface area contributed by atoms with Crippen LogP contribution in [0.15, 0.2) is 66.9 Å². The summed E-state index contributed by atoms with van der Waals surface area (Å²) >= 11 is 0. The largest absolute Gasteiger partial charge is 0.472 e. The van der Waals surface area contributed by atoms with E-state index in [9.17, 15) is 9.50 Å². The number of fused-ring (bicyclic) bond motifs is 3. The van der Waals surface area contributed by atoms with Gasteiger partial charge >= 0.3 is 6.01 Å². The third kappa shape index (κ3) is 5.35. The zero-order chi connectivity index (χ0) is 30.1. The predicted octanol–water partition coefficient (Wildman–Crippen LogP) is 6.63. The summed E-state index contributed by atoms with van der Waals surface area (Å²) in [4.78, 5) is 16.1. The molecule has 2 aliphatic heterocycles. The molecule has 0 amide bonds. The molecule has 3 aromatic carbocycles. The van der Waals surface area contributed by atoms with Crippen LogP contribution in [-0.4, -0.2) is 56.8 Å². The highest BCUT2D eigenvalue weighted by atomic mass is 19.1. The Balaban J connectivity index is 1.33. The summed E-state index contributed by atoms with van der Waals surface area (Å²) in [6.07, 6.45) is 6.91. The number of aliphatic hydroxyl groups is 1. The topological polar surface area (TPSA) is 80.6 Å². The number of aliphatic hydroxyl groups excluding tert-OH is 1. The lowest BCUT2D eigenvalue weighted by molar-refractivity contribution is 0.107. The standard InChI is InChI=1S/C35H34F2N4O3/c36-26-18-25-11-4-10-24(12-5-17-42)29(25)27(19-26)31-30(37)32-28(20-38-31)33(43-21-23-8-2-1-3-9-23)40-34(39-32)44-22-35-13-6-15-41(35)16-7-14-35/h1-4,8-11,18-20,42H,5-7,12-17,21-22H2. The molecule has 0 spiro atoms. The quantitative estimate of drug-likeness (QED) is 0.194. The molecule has 2 aliphatic rings. The van der Waals surface area contributed by atoms with Crippen LogP contribution < -0.4 is 9.47 Å². The molecule has 5 aromatic rings. The van der Waals surface area contributed by atoms with Gasteiger partial charge in [-0.3, -0.25) is 9.88 Å². The lowest BCUT2D eigenvalue weighted by Gasteiger charge is -2.31. The Morgan fingerprint density at radius 1 is 0.932 bits per heavy atom. The number of rotatable bonds is 10. The zero-order valence-corrected chi connectivity index (χ0v) is 24.4. The van der Waals surface area contributed by atoms with Gasteiger partial charge in [-0.1, -0.05) is 48.5 Å². The van der Waals surface area contributed by atoms with Crippen molar-refractivity contribution in [3.8, 4) is 23.1 Å². The van der Waals surface area contributed by atoms with Crippen molar-refractivity contribution in [1.82, 2.24) is 19.9 Å². The van der Waals surface area contributed by atoms with E-state index in [4.69, 9.17) is 9.47 Å². The highest BCUT2D eigenvalue weighted by Crippen LogP contribution is 2.40. The highest BCUT2D eigenvalue weighted by molar-refractivity contribution is 6.00. The molecule has 9 heteroatoms. The molecule has 7 nitrogen and oxygen atoms in total. The van der Waals surface area contributed by atoms with Gasteiger partial charge in [0.1, 0.15) is 30.2 Å². The Bertz CT molecular complexity index is 1810. The van der Waals surface area contributed by atoms with Gasteiger partial charge in [0, 0.05) is 18.4 Å².